The minimum atomic E-state index is -0.655. The fourth-order valence-corrected chi connectivity index (χ4v) is 5.44. The number of para-hydroxylation sites is 2. The molecule has 0 aliphatic heterocycles. The van der Waals surface area contributed by atoms with Crippen molar-refractivity contribution in [2.24, 2.45) is 0 Å². The summed E-state index contributed by atoms with van der Waals surface area (Å²) < 4.78 is 0. The minimum absolute atomic E-state index is 0.322. The lowest BCUT2D eigenvalue weighted by atomic mass is 10.0. The molecule has 0 saturated heterocycles. The molecule has 6 heteroatoms. The number of unbranched alkanes of at least 4 members (excludes halogenated alkanes) is 24. The number of hydrogen-bond acceptors (Lipinski definition) is 4. The smallest absolute Gasteiger partial charge is 0.303 e. The van der Waals surface area contributed by atoms with Crippen molar-refractivity contribution >= 4 is 11.9 Å². The fourth-order valence-electron chi connectivity index (χ4n) is 5.44. The highest BCUT2D eigenvalue weighted by Crippen LogP contribution is 2.14. The normalized spacial score (nSPS) is 10.1. The van der Waals surface area contributed by atoms with Crippen molar-refractivity contribution in [2.75, 3.05) is 0 Å². The molecule has 0 fully saturated rings. The SMILES string of the molecule is CCCCCCCCCCCCCCCC(=O)O.CCCCCCCCCCCCCCCC(=O)O.Oc1ccccc1.Oc1ccccc1. The van der Waals surface area contributed by atoms with E-state index < -0.39 is 11.9 Å². The second-order valence-electron chi connectivity index (χ2n) is 13.4. The summed E-state index contributed by atoms with van der Waals surface area (Å²) in [6, 6.07) is 17.4. The van der Waals surface area contributed by atoms with E-state index in [9.17, 15) is 9.59 Å². The first-order valence-electron chi connectivity index (χ1n) is 20.2. The van der Waals surface area contributed by atoms with Gasteiger partial charge in [-0.3, -0.25) is 9.59 Å². The number of carboxylic acids is 2. The quantitative estimate of drug-likeness (QED) is 0.0657. The van der Waals surface area contributed by atoms with Crippen LogP contribution < -0.4 is 0 Å². The molecule has 0 amide bonds. The van der Waals surface area contributed by atoms with Gasteiger partial charge >= 0.3 is 11.9 Å². The predicted octanol–water partition coefficient (Wildman–Crippen LogP) is 13.9. The van der Waals surface area contributed by atoms with Gasteiger partial charge in [-0.1, -0.05) is 204 Å². The molecule has 0 saturated carbocycles. The van der Waals surface area contributed by atoms with Gasteiger partial charge in [0.25, 0.3) is 0 Å². The van der Waals surface area contributed by atoms with Crippen LogP contribution in [0.5, 0.6) is 11.5 Å². The Balaban J connectivity index is 0. The molecule has 0 aromatic heterocycles. The number of aliphatic carboxylic acids is 2. The number of hydrogen-bond donors (Lipinski definition) is 4. The van der Waals surface area contributed by atoms with Gasteiger partial charge in [0.1, 0.15) is 11.5 Å². The van der Waals surface area contributed by atoms with Gasteiger partial charge in [-0.15, -0.1) is 0 Å². The van der Waals surface area contributed by atoms with Crippen LogP contribution in [0.1, 0.15) is 194 Å². The summed E-state index contributed by atoms with van der Waals surface area (Å²) in [7, 11) is 0. The maximum absolute atomic E-state index is 10.3. The van der Waals surface area contributed by atoms with E-state index in [1.54, 1.807) is 48.5 Å². The Hall–Kier alpha value is -3.02. The van der Waals surface area contributed by atoms with Gasteiger partial charge in [0.05, 0.1) is 0 Å². The molecular weight excluding hydrogens is 624 g/mol. The van der Waals surface area contributed by atoms with Crippen molar-refractivity contribution in [2.45, 2.75) is 194 Å². The van der Waals surface area contributed by atoms with Crippen molar-refractivity contribution in [1.82, 2.24) is 0 Å². The second kappa shape index (κ2) is 42.1. The van der Waals surface area contributed by atoms with Crippen molar-refractivity contribution < 1.29 is 30.0 Å². The first-order valence-corrected chi connectivity index (χ1v) is 20.2. The van der Waals surface area contributed by atoms with Gasteiger partial charge in [-0.2, -0.15) is 0 Å². The maximum Gasteiger partial charge on any atom is 0.303 e. The molecule has 0 aliphatic carbocycles. The summed E-state index contributed by atoms with van der Waals surface area (Å²) in [5.41, 5.74) is 0. The van der Waals surface area contributed by atoms with Crippen LogP contribution in [0.15, 0.2) is 60.7 Å². The number of carbonyl (C=O) groups is 2. The predicted molar refractivity (Wildman–Crippen MR) is 212 cm³/mol. The van der Waals surface area contributed by atoms with Crippen LogP contribution in [0.25, 0.3) is 0 Å². The molecule has 50 heavy (non-hydrogen) atoms. The molecule has 0 atom stereocenters. The third kappa shape index (κ3) is 47.1. The Morgan fingerprint density at radius 2 is 0.560 bits per heavy atom. The Morgan fingerprint density at radius 3 is 0.720 bits per heavy atom. The average Bonchev–Trinajstić information content (AvgIpc) is 3.10. The molecule has 6 nitrogen and oxygen atoms in total. The second-order valence-corrected chi connectivity index (χ2v) is 13.4. The molecule has 0 aliphatic rings. The number of rotatable bonds is 28. The monoisotopic (exact) mass is 701 g/mol. The first-order chi connectivity index (χ1) is 24.3. The van der Waals surface area contributed by atoms with Crippen LogP contribution in [-0.2, 0) is 9.59 Å². The summed E-state index contributed by atoms with van der Waals surface area (Å²) in [6.07, 6.45) is 34.5. The Kier molecular flexibility index (Phi) is 41.4. The lowest BCUT2D eigenvalue weighted by Crippen LogP contribution is -1.93. The van der Waals surface area contributed by atoms with E-state index in [0.717, 1.165) is 25.7 Å². The summed E-state index contributed by atoms with van der Waals surface area (Å²) in [5, 5.41) is 34.2. The molecule has 0 radical (unpaired) electrons. The fraction of sp³-hybridized carbons (Fsp3) is 0.682. The van der Waals surface area contributed by atoms with Crippen molar-refractivity contribution in [3.05, 3.63) is 60.7 Å². The Bertz CT molecular complexity index is 857. The largest absolute Gasteiger partial charge is 0.508 e. The van der Waals surface area contributed by atoms with E-state index in [2.05, 4.69) is 13.8 Å². The van der Waals surface area contributed by atoms with Crippen LogP contribution in [-0.4, -0.2) is 32.4 Å². The maximum atomic E-state index is 10.3. The summed E-state index contributed by atoms with van der Waals surface area (Å²) in [5.74, 6) is -0.666. The van der Waals surface area contributed by atoms with Crippen molar-refractivity contribution in [3.8, 4) is 11.5 Å². The van der Waals surface area contributed by atoms with E-state index in [-0.39, 0.29) is 0 Å². The van der Waals surface area contributed by atoms with Gasteiger partial charge in [-0.05, 0) is 37.1 Å². The van der Waals surface area contributed by atoms with Gasteiger partial charge in [0.2, 0.25) is 0 Å². The van der Waals surface area contributed by atoms with Crippen LogP contribution in [0.4, 0.5) is 0 Å². The van der Waals surface area contributed by atoms with Crippen LogP contribution >= 0.6 is 0 Å². The summed E-state index contributed by atoms with van der Waals surface area (Å²) in [4.78, 5) is 20.6. The zero-order valence-corrected chi connectivity index (χ0v) is 32.2. The number of phenolic OH excluding ortho intramolecular Hbond substituents is 2. The van der Waals surface area contributed by atoms with Gasteiger partial charge in [0.15, 0.2) is 0 Å². The van der Waals surface area contributed by atoms with Crippen LogP contribution in [0.3, 0.4) is 0 Å². The van der Waals surface area contributed by atoms with E-state index in [4.69, 9.17) is 20.4 Å². The third-order valence-electron chi connectivity index (χ3n) is 8.50. The van der Waals surface area contributed by atoms with Crippen molar-refractivity contribution in [1.29, 1.82) is 0 Å². The van der Waals surface area contributed by atoms with E-state index in [1.807, 2.05) is 12.1 Å². The molecule has 2 aromatic rings. The molecule has 288 valence electrons. The molecule has 4 N–H and O–H groups in total. The summed E-state index contributed by atoms with van der Waals surface area (Å²) in [6.45, 7) is 4.52. The molecule has 0 unspecified atom stereocenters. The number of phenols is 2. The average molecular weight is 701 g/mol. The Labute approximate surface area is 307 Å². The molecular formula is C44H76O6. The van der Waals surface area contributed by atoms with Gasteiger partial charge in [-0.25, -0.2) is 0 Å². The number of aromatic hydroxyl groups is 2. The van der Waals surface area contributed by atoms with Crippen LogP contribution in [0, 0.1) is 0 Å². The van der Waals surface area contributed by atoms with Crippen molar-refractivity contribution in [3.63, 3.8) is 0 Å². The topological polar surface area (TPSA) is 115 Å². The van der Waals surface area contributed by atoms with E-state index >= 15 is 0 Å². The van der Waals surface area contributed by atoms with Crippen LogP contribution in [0.2, 0.25) is 0 Å². The zero-order chi connectivity index (χ0) is 37.2. The molecule has 0 heterocycles. The number of benzene rings is 2. The molecule has 2 rings (SSSR count). The lowest BCUT2D eigenvalue weighted by molar-refractivity contribution is -0.138. The highest BCUT2D eigenvalue weighted by atomic mass is 16.4. The van der Waals surface area contributed by atoms with Gasteiger partial charge in [0, 0.05) is 12.8 Å². The highest BCUT2D eigenvalue weighted by Gasteiger charge is 1.98. The third-order valence-corrected chi connectivity index (χ3v) is 8.50. The summed E-state index contributed by atoms with van der Waals surface area (Å²) >= 11 is 0. The molecule has 0 spiro atoms. The highest BCUT2D eigenvalue weighted by molar-refractivity contribution is 5.66. The molecule has 2 aromatic carbocycles. The minimum Gasteiger partial charge on any atom is -0.508 e. The first kappa shape index (κ1) is 49.1. The van der Waals surface area contributed by atoms with Gasteiger partial charge < -0.3 is 20.4 Å². The van der Waals surface area contributed by atoms with E-state index in [0.29, 0.717) is 24.3 Å². The number of carboxylic acid groups (broad SMARTS) is 2. The van der Waals surface area contributed by atoms with E-state index in [1.165, 1.54) is 141 Å². The zero-order valence-electron chi connectivity index (χ0n) is 32.2. The lowest BCUT2D eigenvalue weighted by Gasteiger charge is -2.02. The Morgan fingerprint density at radius 1 is 0.360 bits per heavy atom. The molecule has 0 bridgehead atoms. The standard InChI is InChI=1S/2C16H32O2.2C6H6O/c2*1-2-3-4-5-6-7-8-9-10-11-12-13-14-15-16(17)18;2*7-6-4-2-1-3-5-6/h2*2-15H2,1H3,(H,17,18);2*1-5,7H.